The van der Waals surface area contributed by atoms with Gasteiger partial charge in [0.25, 0.3) is 0 Å². The van der Waals surface area contributed by atoms with E-state index in [9.17, 15) is 5.11 Å². The van der Waals surface area contributed by atoms with Crippen LogP contribution in [0.25, 0.3) is 0 Å². The Morgan fingerprint density at radius 1 is 1.37 bits per heavy atom. The van der Waals surface area contributed by atoms with Crippen LogP contribution in [-0.4, -0.2) is 29.3 Å². The maximum absolute atomic E-state index is 9.29. The monoisotopic (exact) mass is 263 g/mol. The second-order valence-electron chi connectivity index (χ2n) is 5.44. The molecule has 1 aromatic rings. The highest BCUT2D eigenvalue weighted by Gasteiger charge is 2.21. The van der Waals surface area contributed by atoms with Crippen molar-refractivity contribution in [3.63, 3.8) is 0 Å². The van der Waals surface area contributed by atoms with Crippen LogP contribution in [0.4, 0.5) is 5.69 Å². The van der Waals surface area contributed by atoms with Gasteiger partial charge in [0, 0.05) is 18.6 Å². The van der Waals surface area contributed by atoms with Gasteiger partial charge in [-0.05, 0) is 31.9 Å². The highest BCUT2D eigenvalue weighted by Crippen LogP contribution is 2.27. The summed E-state index contributed by atoms with van der Waals surface area (Å²) in [6.45, 7) is 2.81. The van der Waals surface area contributed by atoms with Crippen LogP contribution in [-0.2, 0) is 0 Å². The molecular weight excluding hydrogens is 238 g/mol. The van der Waals surface area contributed by atoms with Gasteiger partial charge in [0.2, 0.25) is 0 Å². The van der Waals surface area contributed by atoms with Gasteiger partial charge < -0.3 is 15.7 Å². The number of nitrogens with two attached hydrogens (primary N) is 1. The second-order valence-corrected chi connectivity index (χ2v) is 5.44. The van der Waals surface area contributed by atoms with Crippen LogP contribution in [0.5, 0.6) is 0 Å². The summed E-state index contributed by atoms with van der Waals surface area (Å²) in [5, 5.41) is 9.29. The number of aliphatic hydroxyl groups is 1. The predicted octanol–water partition coefficient (Wildman–Crippen LogP) is 2.23. The Labute approximate surface area is 115 Å². The fraction of sp³-hybridized carbons (Fsp3) is 0.667. The second kappa shape index (κ2) is 6.87. The normalized spacial score (nSPS) is 18.3. The molecule has 1 aromatic heterocycles. The molecule has 0 unspecified atom stereocenters. The Kier molecular flexibility index (Phi) is 5.16. The van der Waals surface area contributed by atoms with Crippen LogP contribution in [0.3, 0.4) is 0 Å². The molecule has 1 heterocycles. The Bertz CT molecular complexity index is 371. The molecule has 1 saturated carbocycles. The number of aromatic nitrogens is 1. The fourth-order valence-electron chi connectivity index (χ4n) is 2.86. The number of nitrogens with zero attached hydrogens (tertiary/aromatic N) is 2. The minimum absolute atomic E-state index is 0.0324. The van der Waals surface area contributed by atoms with Crippen molar-refractivity contribution in [2.45, 2.75) is 51.1 Å². The molecule has 19 heavy (non-hydrogen) atoms. The first kappa shape index (κ1) is 14.3. The van der Waals surface area contributed by atoms with Gasteiger partial charge in [0.1, 0.15) is 0 Å². The predicted molar refractivity (Wildman–Crippen MR) is 78.1 cm³/mol. The van der Waals surface area contributed by atoms with Crippen molar-refractivity contribution in [3.05, 3.63) is 24.0 Å². The Morgan fingerprint density at radius 2 is 2.11 bits per heavy atom. The van der Waals surface area contributed by atoms with Crippen molar-refractivity contribution in [3.8, 4) is 0 Å². The minimum atomic E-state index is -0.0324. The zero-order valence-electron chi connectivity index (χ0n) is 11.8. The molecular formula is C15H25N3O. The molecule has 0 bridgehead atoms. The van der Waals surface area contributed by atoms with E-state index in [1.807, 2.05) is 19.2 Å². The minimum Gasteiger partial charge on any atom is -0.395 e. The van der Waals surface area contributed by atoms with E-state index in [0.717, 1.165) is 11.4 Å². The van der Waals surface area contributed by atoms with Gasteiger partial charge >= 0.3 is 0 Å². The van der Waals surface area contributed by atoms with Crippen LogP contribution >= 0.6 is 0 Å². The first-order valence-electron chi connectivity index (χ1n) is 7.31. The average molecular weight is 263 g/mol. The zero-order valence-corrected chi connectivity index (χ0v) is 11.8. The summed E-state index contributed by atoms with van der Waals surface area (Å²) in [5.41, 5.74) is 7.84. The SMILES string of the molecule is C[C@H](N)c1ccc(N(CCO)C2CCCCC2)cn1. The van der Waals surface area contributed by atoms with E-state index in [4.69, 9.17) is 5.73 Å². The molecule has 3 N–H and O–H groups in total. The summed E-state index contributed by atoms with van der Waals surface area (Å²) >= 11 is 0. The van der Waals surface area contributed by atoms with E-state index in [2.05, 4.69) is 16.0 Å². The standard InChI is InChI=1S/C15H25N3O/c1-12(16)15-8-7-14(11-17-15)18(9-10-19)13-5-3-2-4-6-13/h7-8,11-13,19H,2-6,9-10,16H2,1H3/t12-/m0/s1. The fourth-order valence-corrected chi connectivity index (χ4v) is 2.86. The van der Waals surface area contributed by atoms with Crippen LogP contribution in [0.2, 0.25) is 0 Å². The molecule has 1 aliphatic rings. The zero-order chi connectivity index (χ0) is 13.7. The van der Waals surface area contributed by atoms with E-state index in [0.29, 0.717) is 12.6 Å². The largest absolute Gasteiger partial charge is 0.395 e. The van der Waals surface area contributed by atoms with Gasteiger partial charge in [-0.15, -0.1) is 0 Å². The third kappa shape index (κ3) is 3.67. The highest BCUT2D eigenvalue weighted by atomic mass is 16.3. The molecule has 1 fully saturated rings. The van der Waals surface area contributed by atoms with Crippen molar-refractivity contribution in [2.24, 2.45) is 5.73 Å². The summed E-state index contributed by atoms with van der Waals surface area (Å²) in [6.07, 6.45) is 8.24. The molecule has 0 radical (unpaired) electrons. The third-order valence-corrected chi connectivity index (χ3v) is 3.93. The van der Waals surface area contributed by atoms with Gasteiger partial charge in [0.15, 0.2) is 0 Å². The van der Waals surface area contributed by atoms with Crippen LogP contribution in [0.15, 0.2) is 18.3 Å². The maximum Gasteiger partial charge on any atom is 0.0606 e. The summed E-state index contributed by atoms with van der Waals surface area (Å²) in [4.78, 5) is 6.73. The molecule has 0 spiro atoms. The Morgan fingerprint density at radius 3 is 2.63 bits per heavy atom. The summed E-state index contributed by atoms with van der Waals surface area (Å²) < 4.78 is 0. The lowest BCUT2D eigenvalue weighted by Gasteiger charge is -2.35. The number of hydrogen-bond donors (Lipinski definition) is 2. The van der Waals surface area contributed by atoms with Crippen LogP contribution in [0.1, 0.15) is 50.8 Å². The molecule has 0 aliphatic heterocycles. The summed E-state index contributed by atoms with van der Waals surface area (Å²) in [7, 11) is 0. The van der Waals surface area contributed by atoms with Crippen LogP contribution in [0, 0.1) is 0 Å². The maximum atomic E-state index is 9.29. The van der Waals surface area contributed by atoms with Gasteiger partial charge in [-0.3, -0.25) is 4.98 Å². The number of aliphatic hydroxyl groups excluding tert-OH is 1. The summed E-state index contributed by atoms with van der Waals surface area (Å²) in [5.74, 6) is 0. The van der Waals surface area contributed by atoms with Crippen LogP contribution < -0.4 is 10.6 Å². The first-order valence-corrected chi connectivity index (χ1v) is 7.31. The van der Waals surface area contributed by atoms with Gasteiger partial charge in [-0.25, -0.2) is 0 Å². The van der Waals surface area contributed by atoms with Crippen molar-refractivity contribution < 1.29 is 5.11 Å². The molecule has 4 nitrogen and oxygen atoms in total. The molecule has 2 rings (SSSR count). The van der Waals surface area contributed by atoms with E-state index in [-0.39, 0.29) is 12.6 Å². The van der Waals surface area contributed by atoms with Gasteiger partial charge in [-0.1, -0.05) is 19.3 Å². The lowest BCUT2D eigenvalue weighted by molar-refractivity contribution is 0.290. The lowest BCUT2D eigenvalue weighted by atomic mass is 9.94. The lowest BCUT2D eigenvalue weighted by Crippen LogP contribution is -2.39. The van der Waals surface area contributed by atoms with Crippen molar-refractivity contribution in [1.29, 1.82) is 0 Å². The van der Waals surface area contributed by atoms with E-state index in [1.54, 1.807) is 0 Å². The number of pyridine rings is 1. The highest BCUT2D eigenvalue weighted by molar-refractivity contribution is 5.46. The molecule has 1 aliphatic carbocycles. The molecule has 0 saturated heterocycles. The van der Waals surface area contributed by atoms with E-state index in [1.165, 1.54) is 32.1 Å². The molecule has 4 heteroatoms. The average Bonchev–Trinajstić information content (AvgIpc) is 2.46. The van der Waals surface area contributed by atoms with Crippen molar-refractivity contribution in [2.75, 3.05) is 18.1 Å². The number of anilines is 1. The summed E-state index contributed by atoms with van der Waals surface area (Å²) in [6, 6.07) is 4.59. The quantitative estimate of drug-likeness (QED) is 0.855. The smallest absolute Gasteiger partial charge is 0.0606 e. The van der Waals surface area contributed by atoms with E-state index < -0.39 is 0 Å². The molecule has 0 aromatic carbocycles. The topological polar surface area (TPSA) is 62.4 Å². The molecule has 0 amide bonds. The Balaban J connectivity index is 2.13. The Hall–Kier alpha value is -1.13. The van der Waals surface area contributed by atoms with Crippen molar-refractivity contribution >= 4 is 5.69 Å². The first-order chi connectivity index (χ1) is 9.22. The van der Waals surface area contributed by atoms with Crippen molar-refractivity contribution in [1.82, 2.24) is 4.98 Å². The van der Waals surface area contributed by atoms with Gasteiger partial charge in [0.05, 0.1) is 24.2 Å². The number of rotatable bonds is 5. The number of hydrogen-bond acceptors (Lipinski definition) is 4. The molecule has 1 atom stereocenters. The third-order valence-electron chi connectivity index (χ3n) is 3.93. The van der Waals surface area contributed by atoms with Gasteiger partial charge in [-0.2, -0.15) is 0 Å². The van der Waals surface area contributed by atoms with E-state index >= 15 is 0 Å². The molecule has 106 valence electrons.